The highest BCUT2D eigenvalue weighted by molar-refractivity contribution is 6.21. The van der Waals surface area contributed by atoms with Crippen molar-refractivity contribution in [2.75, 3.05) is 0 Å². The summed E-state index contributed by atoms with van der Waals surface area (Å²) in [4.78, 5) is 25.1. The van der Waals surface area contributed by atoms with E-state index in [1.54, 1.807) is 24.3 Å². The number of carbonyl (C=O) groups is 2. The van der Waals surface area contributed by atoms with Crippen molar-refractivity contribution in [1.82, 2.24) is 4.90 Å². The van der Waals surface area contributed by atoms with Gasteiger partial charge >= 0.3 is 0 Å². The van der Waals surface area contributed by atoms with E-state index in [1.165, 1.54) is 4.90 Å². The van der Waals surface area contributed by atoms with Crippen molar-refractivity contribution in [2.24, 2.45) is 0 Å². The van der Waals surface area contributed by atoms with Gasteiger partial charge < -0.3 is 0 Å². The highest BCUT2D eigenvalue weighted by Crippen LogP contribution is 2.24. The second-order valence-corrected chi connectivity index (χ2v) is 3.62. The molecular weight excluding hydrogens is 202 g/mol. The molecule has 0 N–H and O–H groups in total. The lowest BCUT2D eigenvalue weighted by Gasteiger charge is -2.19. The van der Waals surface area contributed by atoms with E-state index in [0.717, 1.165) is 0 Å². The standard InChI is InChI=1S/C13H11NO2/c1-3-9(4-2)14-12(15)10-7-5-6-8-11(10)13(14)16/h1,5-9H,4H2,2H3. The minimum Gasteiger partial charge on any atom is -0.269 e. The van der Waals surface area contributed by atoms with Crippen LogP contribution in [0.1, 0.15) is 34.1 Å². The fourth-order valence-corrected chi connectivity index (χ4v) is 1.87. The Bertz CT molecular complexity index is 464. The molecule has 0 aliphatic carbocycles. The van der Waals surface area contributed by atoms with Crippen molar-refractivity contribution in [3.63, 3.8) is 0 Å². The number of hydrogen-bond donors (Lipinski definition) is 0. The maximum atomic E-state index is 12.0. The highest BCUT2D eigenvalue weighted by Gasteiger charge is 2.38. The Balaban J connectivity index is 2.47. The molecule has 2 rings (SSSR count). The Morgan fingerprint density at radius 2 is 1.75 bits per heavy atom. The topological polar surface area (TPSA) is 37.4 Å². The van der Waals surface area contributed by atoms with Crippen LogP contribution in [0.3, 0.4) is 0 Å². The van der Waals surface area contributed by atoms with E-state index in [9.17, 15) is 9.59 Å². The molecule has 1 atom stereocenters. The molecule has 1 aliphatic rings. The Morgan fingerprint density at radius 3 is 2.12 bits per heavy atom. The van der Waals surface area contributed by atoms with Gasteiger partial charge in [-0.2, -0.15) is 0 Å². The number of fused-ring (bicyclic) bond motifs is 1. The Morgan fingerprint density at radius 1 is 1.25 bits per heavy atom. The van der Waals surface area contributed by atoms with Gasteiger partial charge in [0, 0.05) is 0 Å². The van der Waals surface area contributed by atoms with Crippen LogP contribution in [0.4, 0.5) is 0 Å². The molecule has 1 aromatic rings. The van der Waals surface area contributed by atoms with Crippen LogP contribution in [0.15, 0.2) is 24.3 Å². The third-order valence-corrected chi connectivity index (χ3v) is 2.72. The van der Waals surface area contributed by atoms with Crippen molar-refractivity contribution in [3.05, 3.63) is 35.4 Å². The molecule has 2 amide bonds. The van der Waals surface area contributed by atoms with Crippen LogP contribution in [-0.4, -0.2) is 22.8 Å². The second kappa shape index (κ2) is 3.82. The summed E-state index contributed by atoms with van der Waals surface area (Å²) in [7, 11) is 0. The molecule has 3 heteroatoms. The average Bonchev–Trinajstić information content (AvgIpc) is 2.57. The van der Waals surface area contributed by atoms with E-state index < -0.39 is 6.04 Å². The van der Waals surface area contributed by atoms with E-state index >= 15 is 0 Å². The van der Waals surface area contributed by atoms with Gasteiger partial charge in [0.25, 0.3) is 11.8 Å². The van der Waals surface area contributed by atoms with Crippen LogP contribution in [0.25, 0.3) is 0 Å². The van der Waals surface area contributed by atoms with Gasteiger partial charge in [0.1, 0.15) is 6.04 Å². The molecule has 0 spiro atoms. The molecule has 80 valence electrons. The summed E-state index contributed by atoms with van der Waals surface area (Å²) in [5.74, 6) is 1.90. The van der Waals surface area contributed by atoms with E-state index in [-0.39, 0.29) is 11.8 Å². The molecule has 1 heterocycles. The van der Waals surface area contributed by atoms with Gasteiger partial charge in [-0.05, 0) is 18.6 Å². The summed E-state index contributed by atoms with van der Waals surface area (Å²) < 4.78 is 0. The van der Waals surface area contributed by atoms with Gasteiger partial charge in [-0.3, -0.25) is 14.5 Å². The van der Waals surface area contributed by atoms with E-state index in [0.29, 0.717) is 17.5 Å². The summed E-state index contributed by atoms with van der Waals surface area (Å²) >= 11 is 0. The zero-order valence-electron chi connectivity index (χ0n) is 8.93. The van der Waals surface area contributed by atoms with Crippen LogP contribution < -0.4 is 0 Å². The predicted molar refractivity (Wildman–Crippen MR) is 59.9 cm³/mol. The van der Waals surface area contributed by atoms with Crippen LogP contribution in [0.2, 0.25) is 0 Å². The van der Waals surface area contributed by atoms with Gasteiger partial charge in [-0.15, -0.1) is 6.42 Å². The Labute approximate surface area is 94.1 Å². The summed E-state index contributed by atoms with van der Waals surface area (Å²) in [5, 5.41) is 0. The SMILES string of the molecule is C#CC(CC)N1C(=O)c2ccccc2C1=O. The smallest absolute Gasteiger partial charge is 0.262 e. The zero-order chi connectivity index (χ0) is 11.7. The molecule has 1 aliphatic heterocycles. The van der Waals surface area contributed by atoms with E-state index in [2.05, 4.69) is 5.92 Å². The van der Waals surface area contributed by atoms with Gasteiger partial charge in [-0.25, -0.2) is 0 Å². The quantitative estimate of drug-likeness (QED) is 0.554. The highest BCUT2D eigenvalue weighted by atomic mass is 16.2. The van der Waals surface area contributed by atoms with Crippen molar-refractivity contribution in [2.45, 2.75) is 19.4 Å². The molecule has 0 bridgehead atoms. The third kappa shape index (κ3) is 1.31. The summed E-state index contributed by atoms with van der Waals surface area (Å²) in [5.41, 5.74) is 0.891. The third-order valence-electron chi connectivity index (χ3n) is 2.72. The Kier molecular flexibility index (Phi) is 2.49. The number of terminal acetylenes is 1. The molecule has 3 nitrogen and oxygen atoms in total. The van der Waals surface area contributed by atoms with Crippen molar-refractivity contribution in [1.29, 1.82) is 0 Å². The average molecular weight is 213 g/mol. The molecule has 0 radical (unpaired) electrons. The summed E-state index contributed by atoms with van der Waals surface area (Å²) in [6.07, 6.45) is 5.90. The first-order chi connectivity index (χ1) is 7.70. The zero-order valence-corrected chi connectivity index (χ0v) is 8.93. The minimum absolute atomic E-state index is 0.287. The molecule has 1 unspecified atom stereocenters. The summed E-state index contributed by atoms with van der Waals surface area (Å²) in [6, 6.07) is 6.33. The first-order valence-corrected chi connectivity index (χ1v) is 5.13. The van der Waals surface area contributed by atoms with Gasteiger partial charge in [0.2, 0.25) is 0 Å². The first-order valence-electron chi connectivity index (χ1n) is 5.13. The largest absolute Gasteiger partial charge is 0.269 e. The number of nitrogens with zero attached hydrogens (tertiary/aromatic N) is 1. The minimum atomic E-state index is -0.451. The summed E-state index contributed by atoms with van der Waals surface area (Å²) in [6.45, 7) is 1.86. The van der Waals surface area contributed by atoms with E-state index in [1.807, 2.05) is 6.92 Å². The molecule has 0 saturated heterocycles. The van der Waals surface area contributed by atoms with Gasteiger partial charge in [0.15, 0.2) is 0 Å². The molecule has 16 heavy (non-hydrogen) atoms. The van der Waals surface area contributed by atoms with Crippen LogP contribution in [0, 0.1) is 12.3 Å². The first kappa shape index (κ1) is 10.4. The van der Waals surface area contributed by atoms with Crippen molar-refractivity contribution < 1.29 is 9.59 Å². The molecule has 1 aromatic carbocycles. The fourth-order valence-electron chi connectivity index (χ4n) is 1.87. The van der Waals surface area contributed by atoms with Crippen LogP contribution in [-0.2, 0) is 0 Å². The molecule has 0 fully saturated rings. The number of imide groups is 1. The maximum Gasteiger partial charge on any atom is 0.262 e. The lowest BCUT2D eigenvalue weighted by atomic mass is 10.1. The molecule has 0 saturated carbocycles. The monoisotopic (exact) mass is 213 g/mol. The van der Waals surface area contributed by atoms with Gasteiger partial charge in [-0.1, -0.05) is 25.0 Å². The van der Waals surface area contributed by atoms with Gasteiger partial charge in [0.05, 0.1) is 11.1 Å². The number of rotatable bonds is 2. The number of benzene rings is 1. The van der Waals surface area contributed by atoms with Crippen LogP contribution in [0.5, 0.6) is 0 Å². The maximum absolute atomic E-state index is 12.0. The molecule has 0 aromatic heterocycles. The second-order valence-electron chi connectivity index (χ2n) is 3.62. The number of amides is 2. The van der Waals surface area contributed by atoms with E-state index in [4.69, 9.17) is 6.42 Å². The Hall–Kier alpha value is -2.08. The van der Waals surface area contributed by atoms with Crippen LogP contribution >= 0.6 is 0 Å². The lowest BCUT2D eigenvalue weighted by Crippen LogP contribution is -2.38. The lowest BCUT2D eigenvalue weighted by molar-refractivity contribution is 0.0618. The molecular formula is C13H11NO2. The normalized spacial score (nSPS) is 15.9. The predicted octanol–water partition coefficient (Wildman–Crippen LogP) is 1.69. The fraction of sp³-hybridized carbons (Fsp3) is 0.231. The number of carbonyl (C=O) groups excluding carboxylic acids is 2. The number of hydrogen-bond acceptors (Lipinski definition) is 2. The van der Waals surface area contributed by atoms with Crippen molar-refractivity contribution in [3.8, 4) is 12.3 Å². The van der Waals surface area contributed by atoms with Crippen molar-refractivity contribution >= 4 is 11.8 Å².